The van der Waals surface area contributed by atoms with Crippen molar-refractivity contribution >= 4 is 122 Å². The largest absolute Gasteiger partial charge is 0.375 e. The molecular formula is C50H39Cl6FN4O9. The molecule has 0 radical (unpaired) electrons. The number of amides is 3. The first-order valence-electron chi connectivity index (χ1n) is 20.4. The predicted molar refractivity (Wildman–Crippen MR) is 267 cm³/mol. The third kappa shape index (κ3) is 10.2. The Morgan fingerprint density at radius 2 is 0.886 bits per heavy atom. The van der Waals surface area contributed by atoms with E-state index < -0.39 is 71.2 Å². The molecule has 13 nitrogen and oxygen atoms in total. The first kappa shape index (κ1) is 53.6. The van der Waals surface area contributed by atoms with Crippen molar-refractivity contribution in [3.63, 3.8) is 0 Å². The number of benzene rings is 5. The summed E-state index contributed by atoms with van der Waals surface area (Å²) in [7, 11) is 0. The van der Waals surface area contributed by atoms with Gasteiger partial charge in [0.15, 0.2) is 34.2 Å². The highest BCUT2D eigenvalue weighted by Gasteiger charge is 2.51. The highest BCUT2D eigenvalue weighted by molar-refractivity contribution is 6.40. The van der Waals surface area contributed by atoms with E-state index in [-0.39, 0.29) is 82.7 Å². The molecule has 0 saturated carbocycles. The number of halogens is 7. The van der Waals surface area contributed by atoms with Crippen molar-refractivity contribution < 1.29 is 48.5 Å². The van der Waals surface area contributed by atoms with Crippen LogP contribution in [0.1, 0.15) is 85.6 Å². The van der Waals surface area contributed by atoms with Gasteiger partial charge in [-0.2, -0.15) is 0 Å². The van der Waals surface area contributed by atoms with Gasteiger partial charge in [-0.15, -0.1) is 0 Å². The zero-order valence-electron chi connectivity index (χ0n) is 35.8. The van der Waals surface area contributed by atoms with Gasteiger partial charge in [0, 0.05) is 60.8 Å². The molecule has 3 aliphatic heterocycles. The van der Waals surface area contributed by atoms with Gasteiger partial charge in [0.2, 0.25) is 0 Å². The molecule has 1 aromatic heterocycles. The number of fused-ring (bicyclic) bond motifs is 3. The Kier molecular flexibility index (Phi) is 16.0. The summed E-state index contributed by atoms with van der Waals surface area (Å²) in [5.74, 6) is -4.13. The standard InChI is InChI=1S/C17H12Cl2FNO3.C17H13Cl2NO3.C15H10Cl2N2O3.CH4/c1-8-2-3-9(6-12(8)20)13(22)7-17(24)14-10(18)4-5-11(19)15(14)21-16(17)23;1-9-2-4-10(5-3-9)13(21)8-17(23)14-11(18)6-7-12(19)15(14)20-16(17)22;16-9-3-4-10(17)13-12(9)15(22,14(21)19-13)6-11(20)8-2-1-5-18-7-8;/h2-6,24H,7H2,1H3,(H,21,23);2-7,23H,8H2,1H3,(H,20,22);1-5,7,22H,6H2,(H,19,21);1H4. The van der Waals surface area contributed by atoms with E-state index in [1.807, 2.05) is 6.92 Å². The summed E-state index contributed by atoms with van der Waals surface area (Å²) in [5.41, 5.74) is -3.04. The number of nitrogens with one attached hydrogen (secondary N) is 3. The molecule has 4 heterocycles. The number of pyridine rings is 1. The summed E-state index contributed by atoms with van der Waals surface area (Å²) < 4.78 is 13.6. The maximum atomic E-state index is 13.6. The van der Waals surface area contributed by atoms with Crippen molar-refractivity contribution in [2.75, 3.05) is 16.0 Å². The Balaban J connectivity index is 0.000000171. The first-order chi connectivity index (χ1) is 32.5. The smallest absolute Gasteiger partial charge is 0.261 e. The molecule has 3 amide bonds. The number of Topliss-reactive ketones (excluding diaryl/α,β-unsaturated/α-hetero) is 3. The Bertz CT molecular complexity index is 3140. The summed E-state index contributed by atoms with van der Waals surface area (Å²) in [5, 5.41) is 41.0. The fourth-order valence-corrected chi connectivity index (χ4v) is 9.32. The molecule has 0 bridgehead atoms. The molecular weight excluding hydrogens is 1030 g/mol. The van der Waals surface area contributed by atoms with E-state index in [0.717, 1.165) is 11.6 Å². The molecule has 70 heavy (non-hydrogen) atoms. The lowest BCUT2D eigenvalue weighted by atomic mass is 9.88. The fraction of sp³-hybridized carbons (Fsp3) is 0.180. The first-order valence-corrected chi connectivity index (χ1v) is 22.7. The van der Waals surface area contributed by atoms with Crippen LogP contribution < -0.4 is 16.0 Å². The summed E-state index contributed by atoms with van der Waals surface area (Å²) >= 11 is 36.3. The Morgan fingerprint density at radius 1 is 0.529 bits per heavy atom. The summed E-state index contributed by atoms with van der Waals surface area (Å²) in [6.45, 7) is 3.48. The van der Waals surface area contributed by atoms with Gasteiger partial charge >= 0.3 is 0 Å². The second-order valence-corrected chi connectivity index (χ2v) is 18.6. The van der Waals surface area contributed by atoms with Gasteiger partial charge in [0.05, 0.1) is 51.4 Å². The molecule has 3 atom stereocenters. The molecule has 0 saturated heterocycles. The van der Waals surface area contributed by atoms with Crippen LogP contribution in [0.4, 0.5) is 21.5 Å². The van der Waals surface area contributed by atoms with Crippen molar-refractivity contribution in [2.24, 2.45) is 0 Å². The number of nitrogens with zero attached hydrogens (tertiary/aromatic N) is 1. The second kappa shape index (κ2) is 20.9. The van der Waals surface area contributed by atoms with Crippen LogP contribution in [-0.4, -0.2) is 55.4 Å². The molecule has 0 fully saturated rings. The Hall–Kier alpha value is -5.78. The van der Waals surface area contributed by atoms with Gasteiger partial charge < -0.3 is 31.3 Å². The molecule has 3 unspecified atom stereocenters. The van der Waals surface area contributed by atoms with E-state index in [1.165, 1.54) is 60.9 Å². The number of ketones is 3. The van der Waals surface area contributed by atoms with Gasteiger partial charge in [-0.05, 0) is 74.0 Å². The summed E-state index contributed by atoms with van der Waals surface area (Å²) in [6.07, 6.45) is 1.47. The minimum absolute atomic E-state index is 0. The van der Waals surface area contributed by atoms with Crippen LogP contribution in [-0.2, 0) is 31.2 Å². The van der Waals surface area contributed by atoms with E-state index in [1.54, 1.807) is 43.3 Å². The number of aliphatic hydroxyl groups is 3. The highest BCUT2D eigenvalue weighted by atomic mass is 35.5. The number of carbonyl (C=O) groups is 6. The quantitative estimate of drug-likeness (QED) is 0.0754. The van der Waals surface area contributed by atoms with Crippen molar-refractivity contribution in [2.45, 2.75) is 57.3 Å². The zero-order chi connectivity index (χ0) is 50.3. The van der Waals surface area contributed by atoms with Crippen molar-refractivity contribution in [1.82, 2.24) is 4.98 Å². The van der Waals surface area contributed by atoms with Crippen LogP contribution in [0.3, 0.4) is 0 Å². The fourth-order valence-electron chi connectivity index (χ4n) is 7.77. The lowest BCUT2D eigenvalue weighted by molar-refractivity contribution is -0.133. The minimum atomic E-state index is -2.16. The second-order valence-electron chi connectivity index (χ2n) is 16.2. The Morgan fingerprint density at radius 3 is 1.26 bits per heavy atom. The van der Waals surface area contributed by atoms with Gasteiger partial charge in [-0.1, -0.05) is 119 Å². The number of aryl methyl sites for hydroxylation is 2. The molecule has 5 aromatic carbocycles. The molecule has 6 N–H and O–H groups in total. The molecule has 6 aromatic rings. The van der Waals surface area contributed by atoms with Crippen LogP contribution in [0.15, 0.2) is 103 Å². The van der Waals surface area contributed by atoms with E-state index >= 15 is 0 Å². The van der Waals surface area contributed by atoms with Crippen LogP contribution in [0.5, 0.6) is 0 Å². The summed E-state index contributed by atoms with van der Waals surface area (Å²) in [6, 6.07) is 23.0. The summed E-state index contributed by atoms with van der Waals surface area (Å²) in [4.78, 5) is 77.7. The lowest BCUT2D eigenvalue weighted by Crippen LogP contribution is -2.36. The normalized spacial score (nSPS) is 19.1. The van der Waals surface area contributed by atoms with Crippen LogP contribution in [0, 0.1) is 19.7 Å². The molecule has 3 aliphatic rings. The average Bonchev–Trinajstić information content (AvgIpc) is 3.85. The molecule has 0 spiro atoms. The third-order valence-electron chi connectivity index (χ3n) is 11.5. The number of aromatic nitrogens is 1. The predicted octanol–water partition coefficient (Wildman–Crippen LogP) is 11.0. The van der Waals surface area contributed by atoms with E-state index in [4.69, 9.17) is 69.6 Å². The third-order valence-corrected chi connectivity index (χ3v) is 13.4. The van der Waals surface area contributed by atoms with Crippen molar-refractivity contribution in [3.05, 3.63) is 184 Å². The van der Waals surface area contributed by atoms with E-state index in [0.29, 0.717) is 16.7 Å². The van der Waals surface area contributed by atoms with E-state index in [9.17, 15) is 48.5 Å². The maximum Gasteiger partial charge on any atom is 0.261 e. The number of anilines is 3. The highest BCUT2D eigenvalue weighted by Crippen LogP contribution is 2.49. The lowest BCUT2D eigenvalue weighted by Gasteiger charge is -2.21. The molecule has 0 aliphatic carbocycles. The van der Waals surface area contributed by atoms with Crippen molar-refractivity contribution in [3.8, 4) is 0 Å². The monoisotopic (exact) mass is 1070 g/mol. The van der Waals surface area contributed by atoms with Gasteiger partial charge in [-0.3, -0.25) is 33.8 Å². The van der Waals surface area contributed by atoms with Gasteiger partial charge in [-0.25, -0.2) is 4.39 Å². The van der Waals surface area contributed by atoms with Crippen molar-refractivity contribution in [1.29, 1.82) is 0 Å². The Labute approximate surface area is 429 Å². The molecule has 362 valence electrons. The number of hydrogen-bond donors (Lipinski definition) is 6. The topological polar surface area (TPSA) is 212 Å². The number of rotatable bonds is 9. The average molecular weight is 1070 g/mol. The van der Waals surface area contributed by atoms with Crippen LogP contribution >= 0.6 is 69.6 Å². The minimum Gasteiger partial charge on any atom is -0.375 e. The number of hydrogen-bond acceptors (Lipinski definition) is 10. The van der Waals surface area contributed by atoms with Crippen LogP contribution in [0.2, 0.25) is 30.1 Å². The van der Waals surface area contributed by atoms with Gasteiger partial charge in [0.25, 0.3) is 17.7 Å². The SMILES string of the molecule is C.Cc1ccc(C(=O)CC2(O)C(=O)Nc3c(Cl)ccc(Cl)c32)cc1.Cc1ccc(C(=O)CC2(O)C(=O)Nc3c(Cl)ccc(Cl)c32)cc1F.O=C(CC1(O)C(=O)Nc2c(Cl)ccc(Cl)c21)c1cccnc1. The number of carbonyl (C=O) groups excluding carboxylic acids is 6. The van der Waals surface area contributed by atoms with Crippen LogP contribution in [0.25, 0.3) is 0 Å². The zero-order valence-corrected chi connectivity index (χ0v) is 40.4. The van der Waals surface area contributed by atoms with Gasteiger partial charge in [0.1, 0.15) is 5.82 Å². The maximum absolute atomic E-state index is 13.6. The molecule has 20 heteroatoms. The molecule has 9 rings (SSSR count). The van der Waals surface area contributed by atoms with E-state index in [2.05, 4.69) is 20.9 Å².